The van der Waals surface area contributed by atoms with Gasteiger partial charge in [-0.05, 0) is 25.0 Å². The van der Waals surface area contributed by atoms with Crippen LogP contribution >= 0.6 is 0 Å². The fraction of sp³-hybridized carbons (Fsp3) is 0.533. The van der Waals surface area contributed by atoms with E-state index in [4.69, 9.17) is 0 Å². The maximum absolute atomic E-state index is 11.8. The maximum Gasteiger partial charge on any atom is 0.239 e. The maximum atomic E-state index is 11.8. The van der Waals surface area contributed by atoms with Crippen LogP contribution in [0.2, 0.25) is 0 Å². The minimum Gasteiger partial charge on any atom is -0.396 e. The molecule has 0 heterocycles. The van der Waals surface area contributed by atoms with Gasteiger partial charge in [-0.2, -0.15) is 0 Å². The van der Waals surface area contributed by atoms with E-state index in [1.54, 1.807) is 0 Å². The number of anilines is 1. The first kappa shape index (κ1) is 13.9. The average Bonchev–Trinajstić information content (AvgIpc) is 2.93. The van der Waals surface area contributed by atoms with Gasteiger partial charge in [0, 0.05) is 17.6 Å². The van der Waals surface area contributed by atoms with Crippen molar-refractivity contribution in [1.29, 1.82) is 0 Å². The Bertz CT molecular complexity index is 400. The Morgan fingerprint density at radius 2 is 1.89 bits per heavy atom. The van der Waals surface area contributed by atoms with Crippen LogP contribution in [0.4, 0.5) is 5.69 Å². The molecule has 104 valence electrons. The molecule has 1 aromatic carbocycles. The smallest absolute Gasteiger partial charge is 0.239 e. The lowest BCUT2D eigenvalue weighted by atomic mass is 9.87. The number of hydrogen-bond acceptors (Lipinski definition) is 3. The molecule has 19 heavy (non-hydrogen) atoms. The molecule has 1 amide bonds. The van der Waals surface area contributed by atoms with Crippen LogP contribution < -0.4 is 10.6 Å². The van der Waals surface area contributed by atoms with E-state index in [0.717, 1.165) is 31.4 Å². The Kier molecular flexibility index (Phi) is 4.80. The molecule has 3 N–H and O–H groups in total. The summed E-state index contributed by atoms with van der Waals surface area (Å²) in [4.78, 5) is 11.8. The zero-order valence-electron chi connectivity index (χ0n) is 11.2. The van der Waals surface area contributed by atoms with Gasteiger partial charge in [-0.15, -0.1) is 0 Å². The van der Waals surface area contributed by atoms with Crippen LogP contribution in [0.25, 0.3) is 0 Å². The minimum absolute atomic E-state index is 0.0245. The van der Waals surface area contributed by atoms with E-state index in [2.05, 4.69) is 10.6 Å². The zero-order valence-corrected chi connectivity index (χ0v) is 11.2. The number of aliphatic hydroxyl groups excluding tert-OH is 1. The quantitative estimate of drug-likeness (QED) is 0.732. The van der Waals surface area contributed by atoms with E-state index in [0.29, 0.717) is 6.54 Å². The third-order valence-electron chi connectivity index (χ3n) is 3.89. The van der Waals surface area contributed by atoms with Crippen LogP contribution in [-0.2, 0) is 4.79 Å². The predicted molar refractivity (Wildman–Crippen MR) is 75.9 cm³/mol. The van der Waals surface area contributed by atoms with Crippen molar-refractivity contribution in [3.05, 3.63) is 30.3 Å². The molecule has 1 fully saturated rings. The van der Waals surface area contributed by atoms with Crippen LogP contribution in [0.15, 0.2) is 30.3 Å². The largest absolute Gasteiger partial charge is 0.396 e. The summed E-state index contributed by atoms with van der Waals surface area (Å²) < 4.78 is 0. The number of benzene rings is 1. The lowest BCUT2D eigenvalue weighted by molar-refractivity contribution is -0.120. The molecule has 0 saturated heterocycles. The number of rotatable bonds is 6. The molecule has 1 aliphatic carbocycles. The molecule has 2 rings (SSSR count). The number of aliphatic hydroxyl groups is 1. The second kappa shape index (κ2) is 6.57. The SMILES string of the molecule is O=C(CNc1ccccc1)NCC1(CO)CCCC1. The summed E-state index contributed by atoms with van der Waals surface area (Å²) in [5.41, 5.74) is 0.859. The number of para-hydroxylation sites is 1. The third-order valence-corrected chi connectivity index (χ3v) is 3.89. The van der Waals surface area contributed by atoms with Crippen LogP contribution in [0, 0.1) is 5.41 Å². The summed E-state index contributed by atoms with van der Waals surface area (Å²) >= 11 is 0. The fourth-order valence-corrected chi connectivity index (χ4v) is 2.60. The molecule has 4 nitrogen and oxygen atoms in total. The van der Waals surface area contributed by atoms with Gasteiger partial charge in [0.05, 0.1) is 13.2 Å². The second-order valence-electron chi connectivity index (χ2n) is 5.36. The van der Waals surface area contributed by atoms with Crippen LogP contribution in [0.5, 0.6) is 0 Å². The molecular formula is C15H22N2O2. The number of carbonyl (C=O) groups is 1. The molecule has 0 aromatic heterocycles. The lowest BCUT2D eigenvalue weighted by Crippen LogP contribution is -2.40. The summed E-state index contributed by atoms with van der Waals surface area (Å²) in [5.74, 6) is -0.0245. The van der Waals surface area contributed by atoms with Crippen molar-refractivity contribution in [2.24, 2.45) is 5.41 Å². The van der Waals surface area contributed by atoms with Crippen molar-refractivity contribution < 1.29 is 9.90 Å². The second-order valence-corrected chi connectivity index (χ2v) is 5.36. The summed E-state index contributed by atoms with van der Waals surface area (Å²) in [7, 11) is 0. The topological polar surface area (TPSA) is 61.4 Å². The summed E-state index contributed by atoms with van der Waals surface area (Å²) in [6, 6.07) is 9.66. The lowest BCUT2D eigenvalue weighted by Gasteiger charge is -2.26. The third kappa shape index (κ3) is 3.96. The monoisotopic (exact) mass is 262 g/mol. The fourth-order valence-electron chi connectivity index (χ4n) is 2.60. The molecule has 0 spiro atoms. The van der Waals surface area contributed by atoms with E-state index in [9.17, 15) is 9.90 Å². The summed E-state index contributed by atoms with van der Waals surface area (Å²) in [6.07, 6.45) is 4.32. The molecular weight excluding hydrogens is 240 g/mol. The van der Waals surface area contributed by atoms with Gasteiger partial charge >= 0.3 is 0 Å². The first-order valence-electron chi connectivity index (χ1n) is 6.91. The van der Waals surface area contributed by atoms with Crippen LogP contribution in [-0.4, -0.2) is 30.7 Å². The van der Waals surface area contributed by atoms with Crippen molar-refractivity contribution in [1.82, 2.24) is 5.32 Å². The molecule has 1 aliphatic rings. The minimum atomic E-state index is -0.0809. The van der Waals surface area contributed by atoms with Gasteiger partial charge in [0.1, 0.15) is 0 Å². The number of nitrogens with one attached hydrogen (secondary N) is 2. The molecule has 1 saturated carbocycles. The molecule has 0 bridgehead atoms. The Morgan fingerprint density at radius 1 is 1.21 bits per heavy atom. The van der Waals surface area contributed by atoms with Crippen LogP contribution in [0.3, 0.4) is 0 Å². The van der Waals surface area contributed by atoms with Crippen molar-refractivity contribution >= 4 is 11.6 Å². The number of carbonyl (C=O) groups excluding carboxylic acids is 1. The van der Waals surface area contributed by atoms with Crippen molar-refractivity contribution in [3.63, 3.8) is 0 Å². The van der Waals surface area contributed by atoms with Gasteiger partial charge in [0.25, 0.3) is 0 Å². The van der Waals surface area contributed by atoms with Gasteiger partial charge in [0.15, 0.2) is 0 Å². The van der Waals surface area contributed by atoms with Gasteiger partial charge in [-0.25, -0.2) is 0 Å². The van der Waals surface area contributed by atoms with E-state index in [-0.39, 0.29) is 24.5 Å². The molecule has 1 aromatic rings. The van der Waals surface area contributed by atoms with Crippen molar-refractivity contribution in [2.75, 3.05) is 25.0 Å². The highest BCUT2D eigenvalue weighted by molar-refractivity contribution is 5.80. The molecule has 0 radical (unpaired) electrons. The highest BCUT2D eigenvalue weighted by Gasteiger charge is 2.33. The highest BCUT2D eigenvalue weighted by Crippen LogP contribution is 2.36. The van der Waals surface area contributed by atoms with Crippen molar-refractivity contribution in [3.8, 4) is 0 Å². The normalized spacial score (nSPS) is 17.1. The van der Waals surface area contributed by atoms with Gasteiger partial charge < -0.3 is 15.7 Å². The Balaban J connectivity index is 1.72. The summed E-state index contributed by atoms with van der Waals surface area (Å²) in [6.45, 7) is 1.02. The Hall–Kier alpha value is -1.55. The first-order chi connectivity index (χ1) is 9.24. The molecule has 4 heteroatoms. The Labute approximate surface area is 114 Å². The van der Waals surface area contributed by atoms with E-state index < -0.39 is 0 Å². The van der Waals surface area contributed by atoms with Gasteiger partial charge in [0.2, 0.25) is 5.91 Å². The standard InChI is InChI=1S/C15H22N2O2/c18-12-15(8-4-5-9-15)11-17-14(19)10-16-13-6-2-1-3-7-13/h1-3,6-7,16,18H,4-5,8-12H2,(H,17,19). The van der Waals surface area contributed by atoms with Crippen LogP contribution in [0.1, 0.15) is 25.7 Å². The van der Waals surface area contributed by atoms with Crippen molar-refractivity contribution in [2.45, 2.75) is 25.7 Å². The highest BCUT2D eigenvalue weighted by atomic mass is 16.3. The van der Waals surface area contributed by atoms with Gasteiger partial charge in [-0.3, -0.25) is 4.79 Å². The van der Waals surface area contributed by atoms with E-state index >= 15 is 0 Å². The Morgan fingerprint density at radius 3 is 2.53 bits per heavy atom. The molecule has 0 atom stereocenters. The number of amides is 1. The summed E-state index contributed by atoms with van der Waals surface area (Å²) in [5, 5.41) is 15.5. The predicted octanol–water partition coefficient (Wildman–Crippen LogP) is 1.77. The van der Waals surface area contributed by atoms with E-state index in [1.807, 2.05) is 30.3 Å². The van der Waals surface area contributed by atoms with E-state index in [1.165, 1.54) is 0 Å². The molecule has 0 aliphatic heterocycles. The zero-order chi connectivity index (χ0) is 13.6. The number of hydrogen-bond donors (Lipinski definition) is 3. The first-order valence-corrected chi connectivity index (χ1v) is 6.91. The molecule has 0 unspecified atom stereocenters. The average molecular weight is 262 g/mol. The van der Waals surface area contributed by atoms with Gasteiger partial charge in [-0.1, -0.05) is 31.0 Å².